The van der Waals surface area contributed by atoms with Gasteiger partial charge in [0.2, 0.25) is 0 Å². The normalized spacial score (nSPS) is 10.2. The lowest BCUT2D eigenvalue weighted by atomic mass is 10.1. The van der Waals surface area contributed by atoms with Crippen molar-refractivity contribution < 1.29 is 4.39 Å². The highest BCUT2D eigenvalue weighted by atomic mass is 19.1. The standard InChI is InChI=1S/C17H17FN2/c1-13-4-2-5-14(10-13)8-9-20-12-16-7-3-6-15(11-19)17(16)18/h2-7,10,20H,8-9,12H2,1H3. The molecule has 3 heteroatoms. The van der Waals surface area contributed by atoms with E-state index in [0.29, 0.717) is 12.1 Å². The summed E-state index contributed by atoms with van der Waals surface area (Å²) >= 11 is 0. The predicted molar refractivity (Wildman–Crippen MR) is 77.7 cm³/mol. The van der Waals surface area contributed by atoms with Gasteiger partial charge in [-0.05, 0) is 31.5 Å². The maximum Gasteiger partial charge on any atom is 0.145 e. The van der Waals surface area contributed by atoms with E-state index in [2.05, 4.69) is 30.4 Å². The van der Waals surface area contributed by atoms with Gasteiger partial charge in [0.05, 0.1) is 5.56 Å². The number of halogens is 1. The molecular weight excluding hydrogens is 251 g/mol. The molecule has 0 atom stereocenters. The van der Waals surface area contributed by atoms with Gasteiger partial charge in [0.15, 0.2) is 0 Å². The summed E-state index contributed by atoms with van der Waals surface area (Å²) in [6, 6.07) is 15.1. The predicted octanol–water partition coefficient (Wildman–Crippen LogP) is 3.34. The first-order valence-corrected chi connectivity index (χ1v) is 6.64. The Kier molecular flexibility index (Phi) is 4.86. The van der Waals surface area contributed by atoms with E-state index in [1.165, 1.54) is 17.2 Å². The van der Waals surface area contributed by atoms with Crippen molar-refractivity contribution in [2.75, 3.05) is 6.54 Å². The number of nitrogens with one attached hydrogen (secondary N) is 1. The van der Waals surface area contributed by atoms with Gasteiger partial charge in [-0.25, -0.2) is 4.39 Å². The van der Waals surface area contributed by atoms with Crippen LogP contribution in [0.2, 0.25) is 0 Å². The Bertz CT molecular complexity index is 629. The third kappa shape index (κ3) is 3.66. The topological polar surface area (TPSA) is 35.8 Å². The lowest BCUT2D eigenvalue weighted by Crippen LogP contribution is -2.17. The first kappa shape index (κ1) is 14.2. The molecule has 0 fully saturated rings. The monoisotopic (exact) mass is 268 g/mol. The highest BCUT2D eigenvalue weighted by Gasteiger charge is 2.06. The number of rotatable bonds is 5. The van der Waals surface area contributed by atoms with Crippen molar-refractivity contribution in [1.82, 2.24) is 5.32 Å². The van der Waals surface area contributed by atoms with Crippen molar-refractivity contribution >= 4 is 0 Å². The highest BCUT2D eigenvalue weighted by molar-refractivity contribution is 5.34. The van der Waals surface area contributed by atoms with Gasteiger partial charge in [-0.3, -0.25) is 0 Å². The zero-order valence-electron chi connectivity index (χ0n) is 11.5. The summed E-state index contributed by atoms with van der Waals surface area (Å²) in [4.78, 5) is 0. The van der Waals surface area contributed by atoms with Crippen molar-refractivity contribution in [1.29, 1.82) is 5.26 Å². The first-order chi connectivity index (χ1) is 9.70. The largest absolute Gasteiger partial charge is 0.312 e. The summed E-state index contributed by atoms with van der Waals surface area (Å²) in [6.07, 6.45) is 0.904. The summed E-state index contributed by atoms with van der Waals surface area (Å²) in [5.41, 5.74) is 3.15. The molecule has 0 saturated carbocycles. The van der Waals surface area contributed by atoms with E-state index in [0.717, 1.165) is 13.0 Å². The van der Waals surface area contributed by atoms with E-state index in [1.54, 1.807) is 12.1 Å². The Labute approximate surface area is 118 Å². The minimum absolute atomic E-state index is 0.1000. The molecule has 0 saturated heterocycles. The van der Waals surface area contributed by atoms with Gasteiger partial charge in [0.25, 0.3) is 0 Å². The molecule has 0 spiro atoms. The van der Waals surface area contributed by atoms with Crippen molar-refractivity contribution in [3.63, 3.8) is 0 Å². The molecule has 0 aliphatic carbocycles. The fourth-order valence-corrected chi connectivity index (χ4v) is 2.13. The molecule has 0 heterocycles. The van der Waals surface area contributed by atoms with Crippen LogP contribution in [0, 0.1) is 24.1 Å². The summed E-state index contributed by atoms with van der Waals surface area (Å²) < 4.78 is 13.8. The third-order valence-electron chi connectivity index (χ3n) is 3.19. The molecule has 0 unspecified atom stereocenters. The molecular formula is C17H17FN2. The molecule has 1 N–H and O–H groups in total. The quantitative estimate of drug-likeness (QED) is 0.844. The van der Waals surface area contributed by atoms with Gasteiger partial charge < -0.3 is 5.32 Å². The van der Waals surface area contributed by atoms with Crippen LogP contribution in [0.1, 0.15) is 22.3 Å². The van der Waals surface area contributed by atoms with Crippen LogP contribution in [0.3, 0.4) is 0 Å². The molecule has 0 aliphatic rings. The Balaban J connectivity index is 1.86. The summed E-state index contributed by atoms with van der Waals surface area (Å²) in [5, 5.41) is 12.0. The average molecular weight is 268 g/mol. The minimum atomic E-state index is -0.418. The second-order valence-corrected chi connectivity index (χ2v) is 4.81. The summed E-state index contributed by atoms with van der Waals surface area (Å²) in [6.45, 7) is 3.28. The molecule has 0 aromatic heterocycles. The molecule has 20 heavy (non-hydrogen) atoms. The van der Waals surface area contributed by atoms with Crippen LogP contribution >= 0.6 is 0 Å². The molecule has 2 rings (SSSR count). The lowest BCUT2D eigenvalue weighted by Gasteiger charge is -2.07. The van der Waals surface area contributed by atoms with Crippen molar-refractivity contribution in [3.05, 3.63) is 70.5 Å². The Morgan fingerprint density at radius 3 is 2.75 bits per heavy atom. The van der Waals surface area contributed by atoms with Gasteiger partial charge in [-0.15, -0.1) is 0 Å². The van der Waals surface area contributed by atoms with Crippen molar-refractivity contribution in [2.24, 2.45) is 0 Å². The van der Waals surface area contributed by atoms with Gasteiger partial charge in [-0.2, -0.15) is 5.26 Å². The Morgan fingerprint density at radius 1 is 1.20 bits per heavy atom. The second-order valence-electron chi connectivity index (χ2n) is 4.81. The number of nitriles is 1. The average Bonchev–Trinajstić information content (AvgIpc) is 2.45. The smallest absolute Gasteiger partial charge is 0.145 e. The van der Waals surface area contributed by atoms with Gasteiger partial charge in [-0.1, -0.05) is 42.0 Å². The molecule has 0 bridgehead atoms. The molecule has 0 amide bonds. The zero-order valence-corrected chi connectivity index (χ0v) is 11.5. The molecule has 2 aromatic carbocycles. The van der Waals surface area contributed by atoms with Crippen LogP contribution in [0.15, 0.2) is 42.5 Å². The molecule has 102 valence electrons. The van der Waals surface area contributed by atoms with Crippen LogP contribution in [0.5, 0.6) is 0 Å². The number of aryl methyl sites for hydroxylation is 1. The van der Waals surface area contributed by atoms with Crippen LogP contribution in [-0.4, -0.2) is 6.54 Å². The van der Waals surface area contributed by atoms with Crippen LogP contribution < -0.4 is 5.32 Å². The minimum Gasteiger partial charge on any atom is -0.312 e. The van der Waals surface area contributed by atoms with E-state index in [-0.39, 0.29) is 5.56 Å². The molecule has 2 nitrogen and oxygen atoms in total. The van der Waals surface area contributed by atoms with Gasteiger partial charge in [0, 0.05) is 12.1 Å². The third-order valence-corrected chi connectivity index (χ3v) is 3.19. The summed E-state index contributed by atoms with van der Waals surface area (Å²) in [5.74, 6) is -0.418. The second kappa shape index (κ2) is 6.83. The van der Waals surface area contributed by atoms with Crippen molar-refractivity contribution in [2.45, 2.75) is 19.9 Å². The van der Waals surface area contributed by atoms with Crippen LogP contribution in [0.4, 0.5) is 4.39 Å². The Morgan fingerprint density at radius 2 is 2.00 bits per heavy atom. The number of nitrogens with zero attached hydrogens (tertiary/aromatic N) is 1. The lowest BCUT2D eigenvalue weighted by molar-refractivity contribution is 0.585. The first-order valence-electron chi connectivity index (χ1n) is 6.64. The van der Waals surface area contributed by atoms with Gasteiger partial charge >= 0.3 is 0 Å². The number of hydrogen-bond acceptors (Lipinski definition) is 2. The fraction of sp³-hybridized carbons (Fsp3) is 0.235. The number of benzene rings is 2. The highest BCUT2D eigenvalue weighted by Crippen LogP contribution is 2.11. The van der Waals surface area contributed by atoms with E-state index < -0.39 is 5.82 Å². The molecule has 0 aliphatic heterocycles. The van der Waals surface area contributed by atoms with E-state index in [4.69, 9.17) is 5.26 Å². The summed E-state index contributed by atoms with van der Waals surface area (Å²) in [7, 11) is 0. The number of hydrogen-bond donors (Lipinski definition) is 1. The zero-order chi connectivity index (χ0) is 14.4. The van der Waals surface area contributed by atoms with E-state index >= 15 is 0 Å². The van der Waals surface area contributed by atoms with E-state index in [9.17, 15) is 4.39 Å². The van der Waals surface area contributed by atoms with Crippen LogP contribution in [-0.2, 0) is 13.0 Å². The van der Waals surface area contributed by atoms with E-state index in [1.807, 2.05) is 12.1 Å². The maximum atomic E-state index is 13.8. The molecule has 2 aromatic rings. The maximum absolute atomic E-state index is 13.8. The van der Waals surface area contributed by atoms with Crippen LogP contribution in [0.25, 0.3) is 0 Å². The Hall–Kier alpha value is -2.18. The fourth-order valence-electron chi connectivity index (χ4n) is 2.13. The SMILES string of the molecule is Cc1cccc(CCNCc2cccc(C#N)c2F)c1. The molecule has 0 radical (unpaired) electrons. The van der Waals surface area contributed by atoms with Gasteiger partial charge in [0.1, 0.15) is 11.9 Å². The van der Waals surface area contributed by atoms with Crippen molar-refractivity contribution in [3.8, 4) is 6.07 Å².